The Labute approximate surface area is 104 Å². The minimum absolute atomic E-state index is 0.374. The van der Waals surface area contributed by atoms with Gasteiger partial charge in [0.05, 0.1) is 18.6 Å². The number of rotatable bonds is 6. The number of carboxylic acid groups (broad SMARTS) is 1. The van der Waals surface area contributed by atoms with E-state index in [9.17, 15) is 9.90 Å². The first-order valence-electron chi connectivity index (χ1n) is 6.58. The number of ether oxygens (including phenoxy) is 1. The SMILES string of the molecule is CCCC(C)(CN1CCOCC1CC)C(=O)O. The molecule has 17 heavy (non-hydrogen) atoms. The molecule has 100 valence electrons. The zero-order valence-corrected chi connectivity index (χ0v) is 11.2. The van der Waals surface area contributed by atoms with E-state index in [0.29, 0.717) is 12.6 Å². The van der Waals surface area contributed by atoms with Gasteiger partial charge in [0.1, 0.15) is 0 Å². The lowest BCUT2D eigenvalue weighted by molar-refractivity contribution is -0.151. The molecule has 0 aromatic heterocycles. The molecular weight excluding hydrogens is 218 g/mol. The molecule has 2 atom stereocenters. The summed E-state index contributed by atoms with van der Waals surface area (Å²) in [6, 6.07) is 0.374. The van der Waals surface area contributed by atoms with E-state index < -0.39 is 11.4 Å². The number of aliphatic carboxylic acids is 1. The first kappa shape index (κ1) is 14.5. The molecule has 0 amide bonds. The largest absolute Gasteiger partial charge is 0.481 e. The highest BCUT2D eigenvalue weighted by atomic mass is 16.5. The van der Waals surface area contributed by atoms with E-state index in [0.717, 1.165) is 39.0 Å². The summed E-state index contributed by atoms with van der Waals surface area (Å²) in [6.07, 6.45) is 2.65. The van der Waals surface area contributed by atoms with Crippen molar-refractivity contribution in [2.75, 3.05) is 26.3 Å². The minimum Gasteiger partial charge on any atom is -0.481 e. The Morgan fingerprint density at radius 2 is 2.24 bits per heavy atom. The predicted molar refractivity (Wildman–Crippen MR) is 67.1 cm³/mol. The molecule has 1 rings (SSSR count). The molecule has 1 N–H and O–H groups in total. The van der Waals surface area contributed by atoms with Crippen LogP contribution in [0.1, 0.15) is 40.0 Å². The molecule has 2 unspecified atom stereocenters. The van der Waals surface area contributed by atoms with E-state index in [-0.39, 0.29) is 0 Å². The Kier molecular flexibility index (Phi) is 5.40. The highest BCUT2D eigenvalue weighted by Crippen LogP contribution is 2.27. The number of hydrogen-bond acceptors (Lipinski definition) is 3. The average Bonchev–Trinajstić information content (AvgIpc) is 2.30. The average molecular weight is 243 g/mol. The van der Waals surface area contributed by atoms with Crippen LogP contribution in [0.5, 0.6) is 0 Å². The van der Waals surface area contributed by atoms with Crippen molar-refractivity contribution < 1.29 is 14.6 Å². The summed E-state index contributed by atoms with van der Waals surface area (Å²) < 4.78 is 5.45. The highest BCUT2D eigenvalue weighted by Gasteiger charge is 2.36. The van der Waals surface area contributed by atoms with Crippen molar-refractivity contribution in [3.8, 4) is 0 Å². The van der Waals surface area contributed by atoms with E-state index >= 15 is 0 Å². The molecule has 0 saturated carbocycles. The van der Waals surface area contributed by atoms with Crippen molar-refractivity contribution in [1.82, 2.24) is 4.90 Å². The summed E-state index contributed by atoms with van der Waals surface area (Å²) in [5.74, 6) is -0.680. The van der Waals surface area contributed by atoms with Crippen molar-refractivity contribution in [2.24, 2.45) is 5.41 Å². The Hall–Kier alpha value is -0.610. The Morgan fingerprint density at radius 1 is 1.53 bits per heavy atom. The Bertz CT molecular complexity index is 257. The maximum Gasteiger partial charge on any atom is 0.310 e. The van der Waals surface area contributed by atoms with Gasteiger partial charge in [-0.2, -0.15) is 0 Å². The normalized spacial score (nSPS) is 25.5. The summed E-state index contributed by atoms with van der Waals surface area (Å²) in [4.78, 5) is 13.7. The molecule has 1 heterocycles. The van der Waals surface area contributed by atoms with Crippen LogP contribution in [0.15, 0.2) is 0 Å². The molecule has 0 aromatic carbocycles. The predicted octanol–water partition coefficient (Wildman–Crippen LogP) is 1.99. The van der Waals surface area contributed by atoms with Gasteiger partial charge in [-0.3, -0.25) is 9.69 Å². The lowest BCUT2D eigenvalue weighted by Crippen LogP contribution is -2.51. The zero-order chi connectivity index (χ0) is 12.9. The molecular formula is C13H25NO3. The van der Waals surface area contributed by atoms with Crippen LogP contribution in [0.4, 0.5) is 0 Å². The third kappa shape index (κ3) is 3.68. The van der Waals surface area contributed by atoms with Gasteiger partial charge in [0, 0.05) is 19.1 Å². The molecule has 4 nitrogen and oxygen atoms in total. The van der Waals surface area contributed by atoms with Crippen LogP contribution in [0.2, 0.25) is 0 Å². The van der Waals surface area contributed by atoms with Crippen molar-refractivity contribution in [3.63, 3.8) is 0 Å². The third-order valence-corrected chi connectivity index (χ3v) is 3.69. The quantitative estimate of drug-likeness (QED) is 0.775. The van der Waals surface area contributed by atoms with Crippen molar-refractivity contribution >= 4 is 5.97 Å². The molecule has 0 spiro atoms. The van der Waals surface area contributed by atoms with Gasteiger partial charge in [-0.1, -0.05) is 20.3 Å². The minimum atomic E-state index is -0.680. The first-order valence-corrected chi connectivity index (χ1v) is 6.58. The number of nitrogens with zero attached hydrogens (tertiary/aromatic N) is 1. The standard InChI is InChI=1S/C13H25NO3/c1-4-6-13(3,12(15)16)10-14-7-8-17-9-11(14)5-2/h11H,4-10H2,1-3H3,(H,15,16). The van der Waals surface area contributed by atoms with Gasteiger partial charge in [0.25, 0.3) is 0 Å². The van der Waals surface area contributed by atoms with Gasteiger partial charge in [-0.25, -0.2) is 0 Å². The number of carboxylic acids is 1. The monoisotopic (exact) mass is 243 g/mol. The van der Waals surface area contributed by atoms with Gasteiger partial charge in [-0.15, -0.1) is 0 Å². The van der Waals surface area contributed by atoms with E-state index in [2.05, 4.69) is 11.8 Å². The summed E-state index contributed by atoms with van der Waals surface area (Å²) in [6.45, 7) is 8.98. The lowest BCUT2D eigenvalue weighted by atomic mass is 9.84. The molecule has 1 aliphatic heterocycles. The van der Waals surface area contributed by atoms with Crippen molar-refractivity contribution in [2.45, 2.75) is 46.1 Å². The first-order chi connectivity index (χ1) is 8.03. The van der Waals surface area contributed by atoms with Crippen LogP contribution < -0.4 is 0 Å². The van der Waals surface area contributed by atoms with Crippen molar-refractivity contribution in [3.05, 3.63) is 0 Å². The summed E-state index contributed by atoms with van der Waals surface area (Å²) in [5.41, 5.74) is -0.625. The summed E-state index contributed by atoms with van der Waals surface area (Å²) in [7, 11) is 0. The van der Waals surface area contributed by atoms with Crippen LogP contribution in [-0.4, -0.2) is 48.3 Å². The molecule has 1 saturated heterocycles. The lowest BCUT2D eigenvalue weighted by Gasteiger charge is -2.39. The van der Waals surface area contributed by atoms with Crippen molar-refractivity contribution in [1.29, 1.82) is 0 Å². The molecule has 4 heteroatoms. The fraction of sp³-hybridized carbons (Fsp3) is 0.923. The Balaban J connectivity index is 2.67. The number of hydrogen-bond donors (Lipinski definition) is 1. The van der Waals surface area contributed by atoms with Crippen LogP contribution in [0.3, 0.4) is 0 Å². The van der Waals surface area contributed by atoms with Gasteiger partial charge in [0.2, 0.25) is 0 Å². The Morgan fingerprint density at radius 3 is 2.76 bits per heavy atom. The van der Waals surface area contributed by atoms with E-state index in [1.807, 2.05) is 13.8 Å². The maximum absolute atomic E-state index is 11.4. The summed E-state index contributed by atoms with van der Waals surface area (Å²) >= 11 is 0. The van der Waals surface area contributed by atoms with Gasteiger partial charge in [0.15, 0.2) is 0 Å². The summed E-state index contributed by atoms with van der Waals surface area (Å²) in [5, 5.41) is 9.40. The van der Waals surface area contributed by atoms with Crippen LogP contribution in [0, 0.1) is 5.41 Å². The molecule has 0 radical (unpaired) electrons. The second-order valence-corrected chi connectivity index (χ2v) is 5.22. The second-order valence-electron chi connectivity index (χ2n) is 5.22. The molecule has 0 aromatic rings. The molecule has 1 fully saturated rings. The second kappa shape index (κ2) is 6.36. The van der Waals surface area contributed by atoms with Crippen LogP contribution >= 0.6 is 0 Å². The number of morpholine rings is 1. The van der Waals surface area contributed by atoms with E-state index in [4.69, 9.17) is 4.74 Å². The molecule has 0 bridgehead atoms. The van der Waals surface area contributed by atoms with E-state index in [1.54, 1.807) is 0 Å². The van der Waals surface area contributed by atoms with Crippen LogP contribution in [0.25, 0.3) is 0 Å². The topological polar surface area (TPSA) is 49.8 Å². The highest BCUT2D eigenvalue weighted by molar-refractivity contribution is 5.74. The van der Waals surface area contributed by atoms with Gasteiger partial charge in [-0.05, 0) is 19.8 Å². The molecule has 1 aliphatic rings. The van der Waals surface area contributed by atoms with E-state index in [1.165, 1.54) is 0 Å². The van der Waals surface area contributed by atoms with Crippen LogP contribution in [-0.2, 0) is 9.53 Å². The van der Waals surface area contributed by atoms with Gasteiger partial charge >= 0.3 is 5.97 Å². The smallest absolute Gasteiger partial charge is 0.310 e. The molecule has 0 aliphatic carbocycles. The zero-order valence-electron chi connectivity index (χ0n) is 11.2. The van der Waals surface area contributed by atoms with Gasteiger partial charge < -0.3 is 9.84 Å². The fourth-order valence-electron chi connectivity index (χ4n) is 2.53. The third-order valence-electron chi connectivity index (χ3n) is 3.69. The maximum atomic E-state index is 11.4. The number of carbonyl (C=O) groups is 1. The fourth-order valence-corrected chi connectivity index (χ4v) is 2.53.